The van der Waals surface area contributed by atoms with E-state index >= 15 is 0 Å². The van der Waals surface area contributed by atoms with Crippen LogP contribution in [0.1, 0.15) is 0 Å². The van der Waals surface area contributed by atoms with Gasteiger partial charge in [-0.2, -0.15) is 194 Å². The van der Waals surface area contributed by atoms with Crippen molar-refractivity contribution in [2.24, 2.45) is 5.84 Å². The zero-order chi connectivity index (χ0) is 27.5. The van der Waals surface area contributed by atoms with Gasteiger partial charge in [0, 0.05) is 0 Å². The van der Waals surface area contributed by atoms with Gasteiger partial charge in [-0.1, -0.05) is 0 Å². The van der Waals surface area contributed by atoms with Crippen LogP contribution in [0.5, 0.6) is 0 Å². The smallest absolute Gasteiger partial charge is 0.000111 e. The summed E-state index contributed by atoms with van der Waals surface area (Å²) in [6.45, 7) is 0. The van der Waals surface area contributed by atoms with Gasteiger partial charge in [-0.05, 0) is 7.05 Å². The van der Waals surface area contributed by atoms with Crippen LogP contribution < -0.4 is 205 Å². The van der Waals surface area contributed by atoms with Gasteiger partial charge in [-0.15, -0.1) is 0 Å². The molecule has 0 aliphatic heterocycles. The summed E-state index contributed by atoms with van der Waals surface area (Å²) in [5.41, 5.74) is 89.4. The summed E-state index contributed by atoms with van der Waals surface area (Å²) in [6, 6.07) is 0. The van der Waals surface area contributed by atoms with Crippen LogP contribution in [0.15, 0.2) is 0 Å². The second kappa shape index (κ2) is 35.5. The number of nitrogens with two attached hydrogens (primary N) is 1. The molecule has 0 aromatic rings. The summed E-state index contributed by atoms with van der Waals surface area (Å²) >= 11 is 0. The van der Waals surface area contributed by atoms with E-state index in [2.05, 4.69) is 199 Å². The monoisotopic (exact) mass is 571 g/mol. The Labute approximate surface area is 213 Å². The third-order valence-electron chi connectivity index (χ3n) is 2.26. The van der Waals surface area contributed by atoms with Crippen LogP contribution in [-0.4, -0.2) is 7.05 Å². The van der Waals surface area contributed by atoms with Gasteiger partial charge in [0.05, 0.1) is 0 Å². The molecular formula is CH41N37. The maximum absolute atomic E-state index is 4.93. The first-order chi connectivity index (χ1) is 18.9. The molecule has 0 aliphatic rings. The summed E-state index contributed by atoms with van der Waals surface area (Å²) in [5, 5.41) is 0. The number of rotatable bonds is 35. The molecule has 0 bridgehead atoms. The summed E-state index contributed by atoms with van der Waals surface area (Å²) in [6.07, 6.45) is 0. The summed E-state index contributed by atoms with van der Waals surface area (Å²) in [5.74, 6) is 4.93. The maximum atomic E-state index is 4.93. The van der Waals surface area contributed by atoms with Crippen molar-refractivity contribution < 1.29 is 0 Å². The lowest BCUT2D eigenvalue weighted by Gasteiger charge is -2.16. The van der Waals surface area contributed by atoms with Gasteiger partial charge in [-0.3, -0.25) is 5.84 Å². The quantitative estimate of drug-likeness (QED) is 0.0190. The lowest BCUT2D eigenvalue weighted by atomic mass is 11.5. The van der Waals surface area contributed by atoms with E-state index in [1.165, 1.54) is 0 Å². The number of nitrogens with one attached hydrogen (secondary N) is 36. The summed E-state index contributed by atoms with van der Waals surface area (Å²) in [4.78, 5) is 0. The molecule has 0 heterocycles. The Balaban J connectivity index is 3.01. The first-order valence-corrected chi connectivity index (χ1v) is 9.54. The highest BCUT2D eigenvalue weighted by atomic mass is 16.0. The lowest BCUT2D eigenvalue weighted by Crippen LogP contribution is -2.70. The first-order valence-electron chi connectivity index (χ1n) is 9.54. The molecule has 0 saturated heterocycles. The average molecular weight is 572 g/mol. The molecule has 0 aliphatic carbocycles. The van der Waals surface area contributed by atoms with Crippen molar-refractivity contribution in [3.8, 4) is 0 Å². The molecule has 230 valence electrons. The number of hydrazine groups is 36. The SMILES string of the molecule is CNNNNNNNNNNNNNNNNNNNNNNNNNNNNNNNNNNNNN. The highest BCUT2D eigenvalue weighted by Gasteiger charge is 1.86. The molecule has 0 spiro atoms. The minimum atomic E-state index is 1.69. The fourth-order valence-corrected chi connectivity index (χ4v) is 1.10. The lowest BCUT2D eigenvalue weighted by molar-refractivity contribution is 0.181. The summed E-state index contributed by atoms with van der Waals surface area (Å²) in [7, 11) is 1.69. The van der Waals surface area contributed by atoms with Crippen LogP contribution >= 0.6 is 0 Å². The van der Waals surface area contributed by atoms with Gasteiger partial charge >= 0.3 is 0 Å². The summed E-state index contributed by atoms with van der Waals surface area (Å²) < 4.78 is 0. The van der Waals surface area contributed by atoms with Crippen LogP contribution in [0.25, 0.3) is 0 Å². The van der Waals surface area contributed by atoms with Gasteiger partial charge in [-0.25, -0.2) is 5.43 Å². The standard InChI is InChI=1S/CH41N37/c1-3-5-7-9-11-13-15-17-19-21-23-25-27-29-31-33-35-37-38-36-34-32-30-28-26-24-22-20-18-16-14-12-10-8-6-4-2/h3-38H,2H2,1H3. The van der Waals surface area contributed by atoms with Gasteiger partial charge in [0.1, 0.15) is 0 Å². The van der Waals surface area contributed by atoms with Crippen molar-refractivity contribution >= 4 is 0 Å². The molecule has 0 aromatic heterocycles. The van der Waals surface area contributed by atoms with Gasteiger partial charge in [0.15, 0.2) is 0 Å². The Kier molecular flexibility index (Phi) is 34.1. The molecule has 0 amide bonds. The maximum Gasteiger partial charge on any atom is -0.000111 e. The first kappa shape index (κ1) is 36.5. The van der Waals surface area contributed by atoms with E-state index in [-0.39, 0.29) is 0 Å². The molecule has 38 N–H and O–H groups in total. The predicted octanol–water partition coefficient (Wildman–Crippen LogP) is -18.3. The van der Waals surface area contributed by atoms with Crippen molar-refractivity contribution in [1.82, 2.24) is 199 Å². The average Bonchev–Trinajstić information content (AvgIpc) is 2.93. The van der Waals surface area contributed by atoms with E-state index in [4.69, 9.17) is 5.84 Å². The van der Waals surface area contributed by atoms with Crippen LogP contribution in [0.4, 0.5) is 0 Å². The molecule has 0 fully saturated rings. The van der Waals surface area contributed by atoms with Crippen molar-refractivity contribution in [1.29, 1.82) is 0 Å². The third kappa shape index (κ3) is 34.5. The van der Waals surface area contributed by atoms with E-state index < -0.39 is 0 Å². The van der Waals surface area contributed by atoms with Crippen molar-refractivity contribution in [2.45, 2.75) is 0 Å². The Morgan fingerprint density at radius 3 is 0.474 bits per heavy atom. The Bertz CT molecular complexity index is 343. The number of hydrogen-bond donors (Lipinski definition) is 37. The molecule has 0 aromatic carbocycles. The second-order valence-corrected chi connectivity index (χ2v) is 4.64. The molecule has 0 rings (SSSR count). The zero-order valence-electron chi connectivity index (χ0n) is 19.6. The molecule has 37 nitrogen and oxygen atoms in total. The molecule has 38 heavy (non-hydrogen) atoms. The van der Waals surface area contributed by atoms with Gasteiger partial charge < -0.3 is 0 Å². The minimum absolute atomic E-state index is 1.69. The van der Waals surface area contributed by atoms with Crippen LogP contribution in [0.2, 0.25) is 0 Å². The molecule has 0 saturated carbocycles. The number of hydrogen-bond acceptors (Lipinski definition) is 37. The molecule has 37 heteroatoms. The van der Waals surface area contributed by atoms with E-state index in [1.54, 1.807) is 7.05 Å². The molecule has 0 atom stereocenters. The Morgan fingerprint density at radius 2 is 0.342 bits per heavy atom. The second-order valence-electron chi connectivity index (χ2n) is 4.64. The van der Waals surface area contributed by atoms with E-state index in [9.17, 15) is 0 Å². The van der Waals surface area contributed by atoms with Crippen molar-refractivity contribution in [3.05, 3.63) is 0 Å². The van der Waals surface area contributed by atoms with Crippen LogP contribution in [0.3, 0.4) is 0 Å². The predicted molar refractivity (Wildman–Crippen MR) is 123 cm³/mol. The Hall–Kier alpha value is -1.48. The van der Waals surface area contributed by atoms with Gasteiger partial charge in [0.25, 0.3) is 0 Å². The minimum Gasteiger partial charge on any atom is -0.257 e. The molecule has 0 radical (unpaired) electrons. The molecular weight excluding hydrogens is 530 g/mol. The van der Waals surface area contributed by atoms with E-state index in [0.29, 0.717) is 0 Å². The Morgan fingerprint density at radius 1 is 0.211 bits per heavy atom. The largest absolute Gasteiger partial charge is 0.257 e. The fraction of sp³-hybridized carbons (Fsp3) is 1.00. The third-order valence-corrected chi connectivity index (χ3v) is 2.26. The van der Waals surface area contributed by atoms with E-state index in [1.807, 2.05) is 0 Å². The highest BCUT2D eigenvalue weighted by molar-refractivity contribution is 4.20. The molecule has 0 unspecified atom stereocenters. The normalized spacial score (nSPS) is 11.5. The fourth-order valence-electron chi connectivity index (χ4n) is 1.10. The van der Waals surface area contributed by atoms with Gasteiger partial charge in [0.2, 0.25) is 0 Å². The zero-order valence-corrected chi connectivity index (χ0v) is 19.6. The topological polar surface area (TPSA) is 459 Å². The van der Waals surface area contributed by atoms with Crippen LogP contribution in [-0.2, 0) is 0 Å². The van der Waals surface area contributed by atoms with Crippen molar-refractivity contribution in [3.63, 3.8) is 0 Å². The highest BCUT2D eigenvalue weighted by Crippen LogP contribution is 1.31. The van der Waals surface area contributed by atoms with Crippen molar-refractivity contribution in [2.75, 3.05) is 7.05 Å². The van der Waals surface area contributed by atoms with Crippen LogP contribution in [0, 0.1) is 0 Å². The van der Waals surface area contributed by atoms with E-state index in [0.717, 1.165) is 0 Å².